The Kier molecular flexibility index (Phi) is 12.4. The van der Waals surface area contributed by atoms with E-state index in [0.29, 0.717) is 23.6 Å². The van der Waals surface area contributed by atoms with Crippen LogP contribution in [0.1, 0.15) is 115 Å². The van der Waals surface area contributed by atoms with Crippen molar-refractivity contribution < 1.29 is 33.3 Å². The molecule has 1 aromatic carbocycles. The van der Waals surface area contributed by atoms with Gasteiger partial charge in [-0.3, -0.25) is 14.2 Å². The third-order valence-electron chi connectivity index (χ3n) is 13.0. The molecule has 310 valence electrons. The van der Waals surface area contributed by atoms with E-state index in [1.165, 1.54) is 18.0 Å². The first-order chi connectivity index (χ1) is 27.1. The lowest BCUT2D eigenvalue weighted by Crippen LogP contribution is -2.55. The lowest BCUT2D eigenvalue weighted by Gasteiger charge is -2.32. The molecule has 4 aliphatic rings. The molecule has 2 amide bonds. The van der Waals surface area contributed by atoms with Gasteiger partial charge in [0.2, 0.25) is 13.3 Å². The number of amides is 2. The summed E-state index contributed by atoms with van der Waals surface area (Å²) in [4.78, 5) is 65.4. The minimum Gasteiger partial charge on any atom is -0.488 e. The Balaban J connectivity index is 1.23. The van der Waals surface area contributed by atoms with E-state index in [4.69, 9.17) is 19.4 Å². The molecule has 3 aromatic rings. The van der Waals surface area contributed by atoms with Crippen molar-refractivity contribution >= 4 is 52.5 Å². The number of ether oxygens (including phenoxy) is 2. The van der Waals surface area contributed by atoms with Gasteiger partial charge in [0.15, 0.2) is 10.9 Å². The van der Waals surface area contributed by atoms with E-state index in [1.807, 2.05) is 44.4 Å². The molecule has 0 spiro atoms. The number of hydrogen-bond donors (Lipinski definition) is 3. The zero-order chi connectivity index (χ0) is 40.6. The van der Waals surface area contributed by atoms with Gasteiger partial charge in [0, 0.05) is 42.4 Å². The summed E-state index contributed by atoms with van der Waals surface area (Å²) in [6, 6.07) is 4.34. The van der Waals surface area contributed by atoms with Crippen LogP contribution in [0.15, 0.2) is 23.6 Å². The van der Waals surface area contributed by atoms with Gasteiger partial charge in [-0.15, -0.1) is 11.3 Å². The van der Waals surface area contributed by atoms with Crippen LogP contribution in [0.5, 0.6) is 5.75 Å². The van der Waals surface area contributed by atoms with Crippen LogP contribution in [0.2, 0.25) is 0 Å². The first-order valence-corrected chi connectivity index (χ1v) is 24.0. The molecule has 2 saturated carbocycles. The van der Waals surface area contributed by atoms with Crippen LogP contribution < -0.4 is 15.4 Å². The minimum atomic E-state index is -3.65. The number of aromatic nitrogens is 2. The number of thiazole rings is 1. The highest BCUT2D eigenvalue weighted by molar-refractivity contribution is 7.59. The van der Waals surface area contributed by atoms with Crippen LogP contribution in [0, 0.1) is 25.7 Å². The van der Waals surface area contributed by atoms with E-state index in [9.17, 15) is 23.8 Å². The summed E-state index contributed by atoms with van der Waals surface area (Å²) < 4.78 is 26.2. The number of ketones is 1. The van der Waals surface area contributed by atoms with E-state index >= 15 is 0 Å². The topological polar surface area (TPSA) is 160 Å². The predicted molar refractivity (Wildman–Crippen MR) is 224 cm³/mol. The van der Waals surface area contributed by atoms with E-state index in [1.54, 1.807) is 4.90 Å². The molecular weight excluding hydrogens is 762 g/mol. The fourth-order valence-electron chi connectivity index (χ4n) is 9.39. The maximum absolute atomic E-state index is 14.9. The largest absolute Gasteiger partial charge is 0.488 e. The van der Waals surface area contributed by atoms with Crippen LogP contribution in [-0.4, -0.2) is 86.2 Å². The molecule has 0 radical (unpaired) electrons. The third kappa shape index (κ3) is 9.05. The Morgan fingerprint density at radius 1 is 1.02 bits per heavy atom. The Hall–Kier alpha value is -3.54. The van der Waals surface area contributed by atoms with E-state index < -0.39 is 36.8 Å². The van der Waals surface area contributed by atoms with Crippen molar-refractivity contribution in [1.82, 2.24) is 20.2 Å². The molecule has 0 bridgehead atoms. The van der Waals surface area contributed by atoms with Crippen molar-refractivity contribution in [2.45, 2.75) is 154 Å². The van der Waals surface area contributed by atoms with Gasteiger partial charge in [0.05, 0.1) is 29.0 Å². The highest BCUT2D eigenvalue weighted by Gasteiger charge is 2.64. The van der Waals surface area contributed by atoms with Gasteiger partial charge in [-0.2, -0.15) is 0 Å². The van der Waals surface area contributed by atoms with Gasteiger partial charge in [-0.1, -0.05) is 38.7 Å². The predicted octanol–water partition coefficient (Wildman–Crippen LogP) is 8.79. The Labute approximate surface area is 340 Å². The number of alkyl carbamates (subject to hydrolysis) is 1. The molecule has 14 heteroatoms. The van der Waals surface area contributed by atoms with Crippen molar-refractivity contribution in [3.05, 3.63) is 34.7 Å². The van der Waals surface area contributed by atoms with E-state index in [0.717, 1.165) is 91.4 Å². The fourth-order valence-corrected chi connectivity index (χ4v) is 12.1. The Morgan fingerprint density at radius 3 is 2.46 bits per heavy atom. The molecule has 7 rings (SSSR count). The lowest BCUT2D eigenvalue weighted by atomic mass is 9.93. The quantitative estimate of drug-likeness (QED) is 0.188. The first kappa shape index (κ1) is 41.6. The summed E-state index contributed by atoms with van der Waals surface area (Å²) in [5.74, 6) is -0.225. The molecular formula is C43H60N5O7PS. The summed E-state index contributed by atoms with van der Waals surface area (Å²) in [5, 5.41) is 8.91. The number of Topliss-reactive ketones (excluding diaryl/α,β-unsaturated/α-hetero) is 1. The molecule has 3 N–H and O–H groups in total. The molecule has 4 fully saturated rings. The molecule has 2 aromatic heterocycles. The smallest absolute Gasteiger partial charge is 0.408 e. The van der Waals surface area contributed by atoms with Gasteiger partial charge < -0.3 is 29.9 Å². The fraction of sp³-hybridized carbons (Fsp3) is 0.651. The van der Waals surface area contributed by atoms with Crippen molar-refractivity contribution in [3.63, 3.8) is 0 Å². The second-order valence-electron chi connectivity index (χ2n) is 17.7. The van der Waals surface area contributed by atoms with Gasteiger partial charge in [0.1, 0.15) is 29.7 Å². The van der Waals surface area contributed by atoms with Crippen molar-refractivity contribution in [1.29, 1.82) is 0 Å². The standard InChI is InChI=1S/C43H60N5O7PS/c1-25(2)44-41-46-34(24-57-41)33-20-37(32-18-17-26(3)28(5)39(32)45-33)54-31-19-35-36(49)22-43(56(6,52)53)21-29(43)14-10-8-7-9-13-27(4)38(40(50)48(35)23-31)47-42(51)55-30-15-11-12-16-30/h17-18,20,24-25,27,29-31,35,38H,7-16,19,21-23H2,1-6H3,(H,44,46)(H,47,51)(H,52,53)/t27?,29-,31+,35-,38-,43+/m0/s1. The van der Waals surface area contributed by atoms with Crippen molar-refractivity contribution in [2.75, 3.05) is 18.5 Å². The van der Waals surface area contributed by atoms with Crippen molar-refractivity contribution in [3.8, 4) is 17.1 Å². The number of pyridine rings is 1. The number of benzene rings is 1. The summed E-state index contributed by atoms with van der Waals surface area (Å²) in [5.41, 5.74) is 4.26. The number of anilines is 1. The number of rotatable bonds is 8. The number of nitrogens with one attached hydrogen (secondary N) is 2. The number of carbonyl (C=O) groups is 3. The molecule has 2 saturated heterocycles. The Morgan fingerprint density at radius 2 is 1.74 bits per heavy atom. The molecule has 12 nitrogen and oxygen atoms in total. The molecule has 2 unspecified atom stereocenters. The first-order valence-electron chi connectivity index (χ1n) is 21.0. The van der Waals surface area contributed by atoms with Gasteiger partial charge in [0.25, 0.3) is 0 Å². The van der Waals surface area contributed by atoms with E-state index in [-0.39, 0.29) is 55.1 Å². The zero-order valence-corrected chi connectivity index (χ0v) is 36.1. The average Bonchev–Trinajstić information content (AvgIpc) is 3.57. The second-order valence-corrected chi connectivity index (χ2v) is 21.2. The van der Waals surface area contributed by atoms with Crippen LogP contribution in [0.25, 0.3) is 22.3 Å². The molecule has 2 aliphatic carbocycles. The number of carbonyl (C=O) groups excluding carboxylic acids is 3. The van der Waals surface area contributed by atoms with Gasteiger partial charge in [-0.05, 0) is 102 Å². The summed E-state index contributed by atoms with van der Waals surface area (Å²) in [6.07, 6.45) is 8.20. The lowest BCUT2D eigenvalue weighted by molar-refractivity contribution is -0.140. The maximum atomic E-state index is 14.9. The SMILES string of the molecule is Cc1ccc2c(O[C@@H]3C[C@H]4C(=O)C[C@]5(P(C)(=O)O)C[C@@H]5CCCCCCC(C)[C@H](NC(=O)OC5CCCC5)C(=O)N4C3)cc(-c3csc(NC(C)C)n3)nc2c1C. The zero-order valence-electron chi connectivity index (χ0n) is 34.3. The minimum absolute atomic E-state index is 0.000946. The molecule has 4 heterocycles. The van der Waals surface area contributed by atoms with Gasteiger partial charge >= 0.3 is 6.09 Å². The molecule has 2 aliphatic heterocycles. The molecule has 7 atom stereocenters. The number of fused-ring (bicyclic) bond motifs is 3. The maximum Gasteiger partial charge on any atom is 0.408 e. The number of aryl methyl sites for hydroxylation is 2. The van der Waals surface area contributed by atoms with Crippen LogP contribution in [0.4, 0.5) is 9.93 Å². The van der Waals surface area contributed by atoms with Crippen molar-refractivity contribution in [2.24, 2.45) is 11.8 Å². The third-order valence-corrected chi connectivity index (χ3v) is 16.1. The monoisotopic (exact) mass is 821 g/mol. The van der Waals surface area contributed by atoms with Gasteiger partial charge in [-0.25, -0.2) is 14.8 Å². The summed E-state index contributed by atoms with van der Waals surface area (Å²) >= 11 is 1.51. The molecule has 57 heavy (non-hydrogen) atoms. The second kappa shape index (κ2) is 17.0. The van der Waals surface area contributed by atoms with Crippen LogP contribution >= 0.6 is 18.7 Å². The summed E-state index contributed by atoms with van der Waals surface area (Å²) in [6.45, 7) is 11.7. The number of hydrogen-bond acceptors (Lipinski definition) is 10. The summed E-state index contributed by atoms with van der Waals surface area (Å²) in [7, 11) is -3.65. The van der Waals surface area contributed by atoms with Crippen LogP contribution in [0.3, 0.4) is 0 Å². The van der Waals surface area contributed by atoms with E-state index in [2.05, 4.69) is 24.5 Å². The highest BCUT2D eigenvalue weighted by atomic mass is 32.1. The van der Waals surface area contributed by atoms with Crippen LogP contribution in [-0.2, 0) is 18.9 Å². The number of nitrogens with zero attached hydrogens (tertiary/aromatic N) is 3. The Bertz CT molecular complexity index is 2030. The average molecular weight is 822 g/mol. The highest BCUT2D eigenvalue weighted by Crippen LogP contribution is 2.72. The normalized spacial score (nSPS) is 28.6.